The lowest BCUT2D eigenvalue weighted by Gasteiger charge is -2.13. The quantitative estimate of drug-likeness (QED) is 0.720. The van der Waals surface area contributed by atoms with Crippen molar-refractivity contribution in [2.24, 2.45) is 0 Å². The maximum absolute atomic E-state index is 12.2. The summed E-state index contributed by atoms with van der Waals surface area (Å²) in [6.45, 7) is 0.463. The smallest absolute Gasteiger partial charge is 0.411 e. The fraction of sp³-hybridized carbons (Fsp3) is 0.250. The summed E-state index contributed by atoms with van der Waals surface area (Å²) in [5, 5.41) is 17.2. The Balaban J connectivity index is 1.76. The zero-order valence-corrected chi connectivity index (χ0v) is 15.5. The predicted molar refractivity (Wildman–Crippen MR) is 104 cm³/mol. The monoisotopic (exact) mass is 381 g/mol. The summed E-state index contributed by atoms with van der Waals surface area (Å²) in [7, 11) is 3.06. The maximum atomic E-state index is 12.2. The molecule has 1 aliphatic rings. The number of anilines is 1. The summed E-state index contributed by atoms with van der Waals surface area (Å²) in [5.41, 5.74) is 3.10. The number of nitrogens with one attached hydrogen (secondary N) is 1. The normalized spacial score (nSPS) is 12.9. The molecule has 2 N–H and O–H groups in total. The highest BCUT2D eigenvalue weighted by molar-refractivity contribution is 5.89. The Hall–Kier alpha value is -3.55. The molecule has 8 heteroatoms. The summed E-state index contributed by atoms with van der Waals surface area (Å²) < 4.78 is 10.6. The van der Waals surface area contributed by atoms with Crippen LogP contribution in [0.15, 0.2) is 35.1 Å². The molecule has 2 heterocycles. The van der Waals surface area contributed by atoms with E-state index < -0.39 is 6.09 Å². The molecule has 2 aromatic carbocycles. The lowest BCUT2D eigenvalue weighted by molar-refractivity contribution is 0.202. The highest BCUT2D eigenvalue weighted by Crippen LogP contribution is 2.33. The van der Waals surface area contributed by atoms with E-state index in [4.69, 9.17) is 9.47 Å². The SMILES string of the molecule is COc1cc2c(Cc3ccc4c(c3)CCN4C(=O)O)n[nH]c(=O)c2cc1OC. The fourth-order valence-electron chi connectivity index (χ4n) is 3.64. The van der Waals surface area contributed by atoms with Crippen LogP contribution in [0.1, 0.15) is 16.8 Å². The molecule has 3 aromatic rings. The maximum Gasteiger partial charge on any atom is 0.411 e. The van der Waals surface area contributed by atoms with Crippen molar-refractivity contribution in [2.75, 3.05) is 25.7 Å². The molecule has 28 heavy (non-hydrogen) atoms. The van der Waals surface area contributed by atoms with Gasteiger partial charge in [0.25, 0.3) is 5.56 Å². The zero-order valence-electron chi connectivity index (χ0n) is 15.5. The van der Waals surface area contributed by atoms with Gasteiger partial charge in [-0.25, -0.2) is 9.89 Å². The van der Waals surface area contributed by atoms with Gasteiger partial charge >= 0.3 is 6.09 Å². The van der Waals surface area contributed by atoms with Gasteiger partial charge in [-0.2, -0.15) is 5.10 Å². The largest absolute Gasteiger partial charge is 0.493 e. The number of ether oxygens (including phenoxy) is 2. The second-order valence-electron chi connectivity index (χ2n) is 6.58. The number of hydrogen-bond donors (Lipinski definition) is 2. The second-order valence-corrected chi connectivity index (χ2v) is 6.58. The Bertz CT molecular complexity index is 1140. The number of H-pyrrole nitrogens is 1. The van der Waals surface area contributed by atoms with Gasteiger partial charge in [0.05, 0.1) is 31.0 Å². The first kappa shape index (κ1) is 17.8. The van der Waals surface area contributed by atoms with Crippen LogP contribution < -0.4 is 19.9 Å². The number of methoxy groups -OCH3 is 2. The Morgan fingerprint density at radius 2 is 1.89 bits per heavy atom. The number of aromatic nitrogens is 2. The van der Waals surface area contributed by atoms with Crippen molar-refractivity contribution in [3.8, 4) is 11.5 Å². The van der Waals surface area contributed by atoms with Crippen molar-refractivity contribution in [1.29, 1.82) is 0 Å². The van der Waals surface area contributed by atoms with Gasteiger partial charge in [-0.3, -0.25) is 9.69 Å². The molecule has 1 aromatic heterocycles. The molecule has 0 spiro atoms. The molecule has 144 valence electrons. The van der Waals surface area contributed by atoms with Gasteiger partial charge in [-0.1, -0.05) is 12.1 Å². The first-order valence-electron chi connectivity index (χ1n) is 8.77. The van der Waals surface area contributed by atoms with E-state index in [1.54, 1.807) is 19.2 Å². The van der Waals surface area contributed by atoms with Gasteiger partial charge in [0, 0.05) is 18.4 Å². The summed E-state index contributed by atoms with van der Waals surface area (Å²) in [6, 6.07) is 9.11. The van der Waals surface area contributed by atoms with Crippen molar-refractivity contribution in [3.63, 3.8) is 0 Å². The highest BCUT2D eigenvalue weighted by Gasteiger charge is 2.24. The molecule has 0 saturated carbocycles. The molecule has 0 saturated heterocycles. The number of carboxylic acid groups (broad SMARTS) is 1. The van der Waals surface area contributed by atoms with Crippen molar-refractivity contribution in [1.82, 2.24) is 10.2 Å². The van der Waals surface area contributed by atoms with Gasteiger partial charge < -0.3 is 14.6 Å². The number of benzene rings is 2. The van der Waals surface area contributed by atoms with Crippen LogP contribution in [0.4, 0.5) is 10.5 Å². The topological polar surface area (TPSA) is 105 Å². The first-order chi connectivity index (χ1) is 13.5. The molecule has 0 radical (unpaired) electrons. The Kier molecular flexibility index (Phi) is 4.38. The molecular formula is C20H19N3O5. The lowest BCUT2D eigenvalue weighted by atomic mass is 10.0. The van der Waals surface area contributed by atoms with Gasteiger partial charge in [0.2, 0.25) is 0 Å². The minimum atomic E-state index is -0.944. The van der Waals surface area contributed by atoms with Crippen molar-refractivity contribution >= 4 is 22.6 Å². The fourth-order valence-corrected chi connectivity index (χ4v) is 3.64. The van der Waals surface area contributed by atoms with Crippen molar-refractivity contribution < 1.29 is 19.4 Å². The Labute approximate surface area is 160 Å². The van der Waals surface area contributed by atoms with Crippen LogP contribution in [0.5, 0.6) is 11.5 Å². The number of amides is 1. The standard InChI is InChI=1S/C20H19N3O5/c1-27-17-9-13-14(10-18(17)28-2)19(24)22-21-15(13)8-11-3-4-16-12(7-11)5-6-23(16)20(25)26/h3-4,7,9-10H,5-6,8H2,1-2H3,(H,22,24)(H,25,26). The van der Waals surface area contributed by atoms with E-state index in [0.717, 1.165) is 16.8 Å². The molecule has 8 nitrogen and oxygen atoms in total. The van der Waals surface area contributed by atoms with Crippen LogP contribution in [0, 0.1) is 0 Å². The minimum Gasteiger partial charge on any atom is -0.493 e. The van der Waals surface area contributed by atoms with Gasteiger partial charge in [-0.15, -0.1) is 0 Å². The Morgan fingerprint density at radius 1 is 1.18 bits per heavy atom. The zero-order chi connectivity index (χ0) is 19.8. The van der Waals surface area contributed by atoms with E-state index in [2.05, 4.69) is 10.2 Å². The van der Waals surface area contributed by atoms with Crippen LogP contribution in [0.3, 0.4) is 0 Å². The molecule has 0 aliphatic carbocycles. The third kappa shape index (κ3) is 2.92. The van der Waals surface area contributed by atoms with Gasteiger partial charge in [0.1, 0.15) is 0 Å². The number of aromatic amines is 1. The van der Waals surface area contributed by atoms with E-state index in [-0.39, 0.29) is 5.56 Å². The summed E-state index contributed by atoms with van der Waals surface area (Å²) in [6.07, 6.45) is 0.226. The molecule has 0 atom stereocenters. The van der Waals surface area contributed by atoms with Crippen molar-refractivity contribution in [3.05, 3.63) is 57.5 Å². The van der Waals surface area contributed by atoms with Crippen LogP contribution in [0.2, 0.25) is 0 Å². The van der Waals surface area contributed by atoms with Crippen LogP contribution >= 0.6 is 0 Å². The van der Waals surface area contributed by atoms with E-state index in [1.807, 2.05) is 18.2 Å². The molecule has 0 bridgehead atoms. The van der Waals surface area contributed by atoms with Crippen LogP contribution in [-0.2, 0) is 12.8 Å². The molecule has 1 aliphatic heterocycles. The number of fused-ring (bicyclic) bond motifs is 2. The third-order valence-corrected chi connectivity index (χ3v) is 5.01. The average Bonchev–Trinajstić information content (AvgIpc) is 3.12. The molecular weight excluding hydrogens is 362 g/mol. The second kappa shape index (κ2) is 6.88. The molecule has 0 fully saturated rings. The van der Waals surface area contributed by atoms with Gasteiger partial charge in [0.15, 0.2) is 11.5 Å². The number of rotatable bonds is 4. The minimum absolute atomic E-state index is 0.300. The van der Waals surface area contributed by atoms with Gasteiger partial charge in [-0.05, 0) is 35.7 Å². The molecule has 1 amide bonds. The van der Waals surface area contributed by atoms with Crippen LogP contribution in [0.25, 0.3) is 10.8 Å². The highest BCUT2D eigenvalue weighted by atomic mass is 16.5. The summed E-state index contributed by atoms with van der Waals surface area (Å²) in [5.74, 6) is 0.999. The van der Waals surface area contributed by atoms with E-state index >= 15 is 0 Å². The lowest BCUT2D eigenvalue weighted by Crippen LogP contribution is -2.26. The van der Waals surface area contributed by atoms with E-state index in [1.165, 1.54) is 12.0 Å². The van der Waals surface area contributed by atoms with Crippen LogP contribution in [-0.4, -0.2) is 42.2 Å². The molecule has 0 unspecified atom stereocenters. The number of carbonyl (C=O) groups is 1. The van der Waals surface area contributed by atoms with E-state index in [0.29, 0.717) is 47.4 Å². The summed E-state index contributed by atoms with van der Waals surface area (Å²) in [4.78, 5) is 24.9. The number of hydrogen-bond acceptors (Lipinski definition) is 5. The average molecular weight is 381 g/mol. The number of nitrogens with zero attached hydrogens (tertiary/aromatic N) is 2. The third-order valence-electron chi connectivity index (χ3n) is 5.01. The Morgan fingerprint density at radius 3 is 2.57 bits per heavy atom. The first-order valence-corrected chi connectivity index (χ1v) is 8.77. The van der Waals surface area contributed by atoms with Crippen molar-refractivity contribution in [2.45, 2.75) is 12.8 Å². The predicted octanol–water partition coefficient (Wildman–Crippen LogP) is 2.57. The molecule has 4 rings (SSSR count). The van der Waals surface area contributed by atoms with E-state index in [9.17, 15) is 14.7 Å². The summed E-state index contributed by atoms with van der Waals surface area (Å²) >= 11 is 0.